The van der Waals surface area contributed by atoms with Crippen LogP contribution in [0.4, 0.5) is 5.69 Å². The molecule has 0 spiro atoms. The molecular formula is C17H19NO3. The molecule has 0 N–H and O–H groups in total. The lowest BCUT2D eigenvalue weighted by Gasteiger charge is -2.18. The average molecular weight is 285 g/mol. The number of ketones is 1. The van der Waals surface area contributed by atoms with Crippen molar-refractivity contribution in [2.75, 3.05) is 25.6 Å². The van der Waals surface area contributed by atoms with Gasteiger partial charge in [0.15, 0.2) is 5.78 Å². The lowest BCUT2D eigenvalue weighted by molar-refractivity contribution is -0.114. The third-order valence-electron chi connectivity index (χ3n) is 3.18. The third kappa shape index (κ3) is 4.53. The standard InChI is InChI=1S/C17H19NO3/c1-18(14-5-8-16(20-2)9-6-14)12-11-15(19)7-10-17-4-3-13-21-17/h3-10,13H,11-12H2,1-2H3/b10-7+. The van der Waals surface area contributed by atoms with Crippen LogP contribution in [0, 0.1) is 0 Å². The summed E-state index contributed by atoms with van der Waals surface area (Å²) < 4.78 is 10.3. The van der Waals surface area contributed by atoms with E-state index in [4.69, 9.17) is 9.15 Å². The second-order valence-corrected chi connectivity index (χ2v) is 4.68. The molecule has 4 nitrogen and oxygen atoms in total. The van der Waals surface area contributed by atoms with Gasteiger partial charge in [-0.15, -0.1) is 0 Å². The molecule has 1 aromatic heterocycles. The summed E-state index contributed by atoms with van der Waals surface area (Å²) >= 11 is 0. The molecule has 110 valence electrons. The topological polar surface area (TPSA) is 42.7 Å². The summed E-state index contributed by atoms with van der Waals surface area (Å²) in [6.45, 7) is 0.660. The molecule has 2 aromatic rings. The minimum absolute atomic E-state index is 0.0757. The first-order valence-electron chi connectivity index (χ1n) is 6.78. The fourth-order valence-electron chi connectivity index (χ4n) is 1.89. The van der Waals surface area contributed by atoms with Gasteiger partial charge in [0.2, 0.25) is 0 Å². The molecule has 0 radical (unpaired) electrons. The van der Waals surface area contributed by atoms with E-state index in [1.807, 2.05) is 42.3 Å². The summed E-state index contributed by atoms with van der Waals surface area (Å²) in [7, 11) is 3.61. The van der Waals surface area contributed by atoms with Gasteiger partial charge in [0.05, 0.1) is 13.4 Å². The molecule has 0 aliphatic carbocycles. The summed E-state index contributed by atoms with van der Waals surface area (Å²) in [4.78, 5) is 13.8. The van der Waals surface area contributed by atoms with Gasteiger partial charge < -0.3 is 14.1 Å². The van der Waals surface area contributed by atoms with Crippen molar-refractivity contribution in [3.8, 4) is 5.75 Å². The molecule has 0 bridgehead atoms. The van der Waals surface area contributed by atoms with Crippen LogP contribution < -0.4 is 9.64 Å². The Hall–Kier alpha value is -2.49. The number of furan rings is 1. The lowest BCUT2D eigenvalue weighted by Crippen LogP contribution is -2.20. The molecule has 0 fully saturated rings. The number of nitrogens with zero attached hydrogens (tertiary/aromatic N) is 1. The van der Waals surface area contributed by atoms with Gasteiger partial charge in [-0.1, -0.05) is 0 Å². The van der Waals surface area contributed by atoms with E-state index in [9.17, 15) is 4.79 Å². The van der Waals surface area contributed by atoms with Crippen molar-refractivity contribution in [2.45, 2.75) is 6.42 Å². The quantitative estimate of drug-likeness (QED) is 0.731. The number of benzene rings is 1. The fraction of sp³-hybridized carbons (Fsp3) is 0.235. The molecule has 2 rings (SSSR count). The molecule has 4 heteroatoms. The Labute approximate surface area is 124 Å². The van der Waals surface area contributed by atoms with Gasteiger partial charge in [0.25, 0.3) is 0 Å². The van der Waals surface area contributed by atoms with Crippen LogP contribution >= 0.6 is 0 Å². The lowest BCUT2D eigenvalue weighted by atomic mass is 10.2. The first-order valence-corrected chi connectivity index (χ1v) is 6.78. The summed E-state index contributed by atoms with van der Waals surface area (Å²) in [6, 6.07) is 11.4. The second kappa shape index (κ2) is 7.33. The Morgan fingerprint density at radius 2 is 2.05 bits per heavy atom. The van der Waals surface area contributed by atoms with Gasteiger partial charge in [-0.2, -0.15) is 0 Å². The molecular weight excluding hydrogens is 266 g/mol. The number of hydrogen-bond acceptors (Lipinski definition) is 4. The number of hydrogen-bond donors (Lipinski definition) is 0. The molecule has 0 atom stereocenters. The van der Waals surface area contributed by atoms with Gasteiger partial charge in [0, 0.05) is 25.7 Å². The molecule has 0 saturated carbocycles. The monoisotopic (exact) mass is 285 g/mol. The Kier molecular flexibility index (Phi) is 5.21. The SMILES string of the molecule is COc1ccc(N(C)CCC(=O)/C=C/c2ccco2)cc1. The van der Waals surface area contributed by atoms with Crippen molar-refractivity contribution >= 4 is 17.5 Å². The smallest absolute Gasteiger partial charge is 0.157 e. The first kappa shape index (κ1) is 14.9. The molecule has 1 heterocycles. The van der Waals surface area contributed by atoms with Crippen LogP contribution in [0.5, 0.6) is 5.75 Å². The number of rotatable bonds is 7. The molecule has 1 aromatic carbocycles. The van der Waals surface area contributed by atoms with Crippen molar-refractivity contribution < 1.29 is 13.9 Å². The minimum Gasteiger partial charge on any atom is -0.497 e. The summed E-state index contributed by atoms with van der Waals surface area (Å²) in [5.74, 6) is 1.59. The number of carbonyl (C=O) groups is 1. The maximum Gasteiger partial charge on any atom is 0.157 e. The van der Waals surface area contributed by atoms with E-state index >= 15 is 0 Å². The fourth-order valence-corrected chi connectivity index (χ4v) is 1.89. The Bertz CT molecular complexity index is 585. The van der Waals surface area contributed by atoms with Gasteiger partial charge in [-0.3, -0.25) is 4.79 Å². The van der Waals surface area contributed by atoms with E-state index in [0.29, 0.717) is 18.7 Å². The van der Waals surface area contributed by atoms with Gasteiger partial charge in [0.1, 0.15) is 11.5 Å². The predicted octanol–water partition coefficient (Wildman–Crippen LogP) is 3.40. The van der Waals surface area contributed by atoms with Crippen LogP contribution in [0.1, 0.15) is 12.2 Å². The first-order chi connectivity index (χ1) is 10.2. The second-order valence-electron chi connectivity index (χ2n) is 4.68. The maximum absolute atomic E-state index is 11.8. The number of allylic oxidation sites excluding steroid dienone is 1. The largest absolute Gasteiger partial charge is 0.497 e. The van der Waals surface area contributed by atoms with Crippen LogP contribution in [-0.4, -0.2) is 26.5 Å². The highest BCUT2D eigenvalue weighted by Gasteiger charge is 2.04. The minimum atomic E-state index is 0.0757. The number of ether oxygens (including phenoxy) is 1. The van der Waals surface area contributed by atoms with Gasteiger partial charge in [-0.05, 0) is 48.6 Å². The van der Waals surface area contributed by atoms with Crippen LogP contribution in [0.2, 0.25) is 0 Å². The predicted molar refractivity (Wildman–Crippen MR) is 83.6 cm³/mol. The van der Waals surface area contributed by atoms with Crippen LogP contribution in [0.3, 0.4) is 0 Å². The molecule has 21 heavy (non-hydrogen) atoms. The van der Waals surface area contributed by atoms with Crippen LogP contribution in [0.15, 0.2) is 53.2 Å². The van der Waals surface area contributed by atoms with Crippen LogP contribution in [-0.2, 0) is 4.79 Å². The number of methoxy groups -OCH3 is 1. The Morgan fingerprint density at radius 3 is 2.67 bits per heavy atom. The van der Waals surface area contributed by atoms with E-state index in [-0.39, 0.29) is 5.78 Å². The summed E-state index contributed by atoms with van der Waals surface area (Å²) in [5, 5.41) is 0. The molecule has 0 saturated heterocycles. The Morgan fingerprint density at radius 1 is 1.29 bits per heavy atom. The highest BCUT2D eigenvalue weighted by molar-refractivity contribution is 5.93. The summed E-state index contributed by atoms with van der Waals surface area (Å²) in [6.07, 6.45) is 5.29. The molecule has 0 aliphatic heterocycles. The Balaban J connectivity index is 1.82. The molecule has 0 aliphatic rings. The third-order valence-corrected chi connectivity index (χ3v) is 3.18. The normalized spacial score (nSPS) is 10.8. The van der Waals surface area contributed by atoms with Crippen LogP contribution in [0.25, 0.3) is 6.08 Å². The average Bonchev–Trinajstić information content (AvgIpc) is 3.04. The molecule has 0 unspecified atom stereocenters. The van der Waals surface area contributed by atoms with Gasteiger partial charge in [-0.25, -0.2) is 0 Å². The number of anilines is 1. The highest BCUT2D eigenvalue weighted by atomic mass is 16.5. The zero-order valence-corrected chi connectivity index (χ0v) is 12.3. The van der Waals surface area contributed by atoms with E-state index in [2.05, 4.69) is 0 Å². The van der Waals surface area contributed by atoms with E-state index in [0.717, 1.165) is 11.4 Å². The zero-order valence-electron chi connectivity index (χ0n) is 12.3. The van der Waals surface area contributed by atoms with Crippen molar-refractivity contribution in [1.29, 1.82) is 0 Å². The van der Waals surface area contributed by atoms with Gasteiger partial charge >= 0.3 is 0 Å². The highest BCUT2D eigenvalue weighted by Crippen LogP contribution is 2.18. The summed E-state index contributed by atoms with van der Waals surface area (Å²) in [5.41, 5.74) is 1.05. The zero-order chi connectivity index (χ0) is 15.1. The van der Waals surface area contributed by atoms with Crippen molar-refractivity contribution in [3.63, 3.8) is 0 Å². The van der Waals surface area contributed by atoms with E-state index < -0.39 is 0 Å². The maximum atomic E-state index is 11.8. The van der Waals surface area contributed by atoms with Crippen molar-refractivity contribution in [2.24, 2.45) is 0 Å². The van der Waals surface area contributed by atoms with Crippen molar-refractivity contribution in [1.82, 2.24) is 0 Å². The van der Waals surface area contributed by atoms with E-state index in [1.165, 1.54) is 0 Å². The van der Waals surface area contributed by atoms with E-state index in [1.54, 1.807) is 31.6 Å². The van der Waals surface area contributed by atoms with Crippen molar-refractivity contribution in [3.05, 3.63) is 54.5 Å². The number of carbonyl (C=O) groups excluding carboxylic acids is 1. The molecule has 0 amide bonds.